The zero-order valence-electron chi connectivity index (χ0n) is 19.5. The van der Waals surface area contributed by atoms with Crippen LogP contribution >= 0.6 is 0 Å². The van der Waals surface area contributed by atoms with Gasteiger partial charge in [-0.15, -0.1) is 0 Å². The fraction of sp³-hybridized carbons (Fsp3) is 0.538. The minimum atomic E-state index is -1.11. The number of Topliss-reactive ketones (excluding diaryl/α,β-unsaturated/α-hetero) is 1. The van der Waals surface area contributed by atoms with E-state index in [-0.39, 0.29) is 17.8 Å². The molecule has 1 aliphatic carbocycles. The predicted molar refractivity (Wildman–Crippen MR) is 120 cm³/mol. The fourth-order valence-corrected chi connectivity index (χ4v) is 5.12. The highest BCUT2D eigenvalue weighted by Gasteiger charge is 2.73. The van der Waals surface area contributed by atoms with Crippen LogP contribution in [0.5, 0.6) is 0 Å². The average molecular weight is 427 g/mol. The lowest BCUT2D eigenvalue weighted by molar-refractivity contribution is -0.161. The molecule has 1 saturated carbocycles. The Morgan fingerprint density at radius 2 is 1.68 bits per heavy atom. The molecule has 0 aromatic heterocycles. The van der Waals surface area contributed by atoms with Crippen LogP contribution in [0.2, 0.25) is 0 Å². The molecule has 0 aromatic carbocycles. The summed E-state index contributed by atoms with van der Waals surface area (Å²) in [6, 6.07) is 0. The first kappa shape index (κ1) is 23.4. The third kappa shape index (κ3) is 3.68. The summed E-state index contributed by atoms with van der Waals surface area (Å²) >= 11 is 0. The van der Waals surface area contributed by atoms with Crippen LogP contribution in [-0.4, -0.2) is 40.8 Å². The van der Waals surface area contributed by atoms with Crippen LogP contribution in [0.1, 0.15) is 48.5 Å². The van der Waals surface area contributed by atoms with Gasteiger partial charge in [0.25, 0.3) is 0 Å². The van der Waals surface area contributed by atoms with Crippen molar-refractivity contribution in [1.82, 2.24) is 0 Å². The highest BCUT2D eigenvalue weighted by atomic mass is 16.6. The molecule has 0 aromatic rings. The van der Waals surface area contributed by atoms with Crippen molar-refractivity contribution in [2.45, 2.75) is 72.4 Å². The Balaban J connectivity index is 1.65. The van der Waals surface area contributed by atoms with E-state index in [9.17, 15) is 14.7 Å². The van der Waals surface area contributed by atoms with Crippen LogP contribution in [0.15, 0.2) is 59.8 Å². The van der Waals surface area contributed by atoms with E-state index in [0.717, 1.165) is 11.1 Å². The van der Waals surface area contributed by atoms with Crippen molar-refractivity contribution in [2.75, 3.05) is 0 Å². The monoisotopic (exact) mass is 426 g/mol. The topological polar surface area (TPSA) is 72.8 Å². The van der Waals surface area contributed by atoms with Gasteiger partial charge in [0.1, 0.15) is 23.2 Å². The molecular formula is C26H34O5. The molecule has 7 atom stereocenters. The molecule has 0 unspecified atom stereocenters. The van der Waals surface area contributed by atoms with E-state index in [1.54, 1.807) is 13.8 Å². The van der Waals surface area contributed by atoms with Gasteiger partial charge in [0.2, 0.25) is 0 Å². The third-order valence-corrected chi connectivity index (χ3v) is 7.36. The summed E-state index contributed by atoms with van der Waals surface area (Å²) in [6.07, 6.45) is 14.3. The zero-order chi connectivity index (χ0) is 23.2. The number of fused-ring (bicyclic) bond motifs is 2. The minimum Gasteiger partial charge on any atom is -0.460 e. The number of ketones is 1. The smallest absolute Gasteiger partial charge is 0.320 e. The number of aliphatic hydroxyl groups is 1. The summed E-state index contributed by atoms with van der Waals surface area (Å²) in [4.78, 5) is 24.8. The molecule has 2 bridgehead atoms. The van der Waals surface area contributed by atoms with Crippen LogP contribution in [-0.2, 0) is 19.1 Å². The quantitative estimate of drug-likeness (QED) is 0.308. The van der Waals surface area contributed by atoms with Crippen molar-refractivity contribution in [3.63, 3.8) is 0 Å². The van der Waals surface area contributed by atoms with E-state index >= 15 is 0 Å². The van der Waals surface area contributed by atoms with E-state index < -0.39 is 34.6 Å². The van der Waals surface area contributed by atoms with Gasteiger partial charge in [-0.1, -0.05) is 56.4 Å². The van der Waals surface area contributed by atoms with E-state index in [1.807, 2.05) is 83.2 Å². The molecule has 0 radical (unpaired) electrons. The lowest BCUT2D eigenvalue weighted by Gasteiger charge is -2.38. The van der Waals surface area contributed by atoms with Gasteiger partial charge in [-0.2, -0.15) is 0 Å². The number of carbonyl (C=O) groups excluding carboxylic acids is 2. The number of hydrogen-bond donors (Lipinski definition) is 1. The Hall–Kier alpha value is -2.24. The molecule has 3 rings (SSSR count). The van der Waals surface area contributed by atoms with Crippen LogP contribution in [0.25, 0.3) is 0 Å². The number of esters is 1. The van der Waals surface area contributed by atoms with Gasteiger partial charge < -0.3 is 14.6 Å². The summed E-state index contributed by atoms with van der Waals surface area (Å²) < 4.78 is 11.5. The Morgan fingerprint density at radius 1 is 1.06 bits per heavy atom. The minimum absolute atomic E-state index is 0.0258. The summed E-state index contributed by atoms with van der Waals surface area (Å²) in [5.41, 5.74) is -0.827. The maximum atomic E-state index is 12.6. The zero-order valence-corrected chi connectivity index (χ0v) is 19.5. The van der Waals surface area contributed by atoms with Crippen LogP contribution in [0.4, 0.5) is 0 Å². The first-order chi connectivity index (χ1) is 14.4. The summed E-state index contributed by atoms with van der Waals surface area (Å²) in [7, 11) is 0. The van der Waals surface area contributed by atoms with Gasteiger partial charge >= 0.3 is 5.97 Å². The molecule has 5 heteroatoms. The van der Waals surface area contributed by atoms with Crippen molar-refractivity contribution in [1.29, 1.82) is 0 Å². The molecule has 3 aliphatic rings. The maximum absolute atomic E-state index is 12.6. The average Bonchev–Trinajstić information content (AvgIpc) is 2.97. The van der Waals surface area contributed by atoms with E-state index in [0.29, 0.717) is 0 Å². The number of hydrogen-bond acceptors (Lipinski definition) is 5. The predicted octanol–water partition coefficient (Wildman–Crippen LogP) is 4.24. The first-order valence-corrected chi connectivity index (χ1v) is 10.9. The molecule has 2 heterocycles. The number of rotatable bonds is 5. The van der Waals surface area contributed by atoms with Gasteiger partial charge in [0, 0.05) is 5.41 Å². The first-order valence-electron chi connectivity index (χ1n) is 10.9. The molecule has 2 fully saturated rings. The fourth-order valence-electron chi connectivity index (χ4n) is 5.12. The Morgan fingerprint density at radius 3 is 2.32 bits per heavy atom. The van der Waals surface area contributed by atoms with Gasteiger partial charge in [0.15, 0.2) is 5.78 Å². The molecule has 168 valence electrons. The second-order valence-corrected chi connectivity index (χ2v) is 9.70. The van der Waals surface area contributed by atoms with Crippen LogP contribution < -0.4 is 0 Å². The Bertz CT molecular complexity index is 918. The maximum Gasteiger partial charge on any atom is 0.320 e. The standard InChI is InChI=1S/C26H34O5/c1-16(21-25(6,29)15-17(2)19(4)30-21)13-11-9-8-10-12-14-24(5)22-18(3)20(27)26(24,7)23(28)31-22/h8-15,18-19,21-22,29H,1-7H3/b10-8+,11-9-,14-12+,16-13+/t18-,19+,21-,22-,24+,25+,26-/m0/s1. The number of ether oxygens (including phenoxy) is 2. The Kier molecular flexibility index (Phi) is 6.07. The lowest BCUT2D eigenvalue weighted by Crippen LogP contribution is -2.46. The molecule has 0 amide bonds. The Labute approximate surface area is 185 Å². The molecule has 1 N–H and O–H groups in total. The SMILES string of the molecule is CC1=C[C@@](C)(O)[C@H](/C(C)=C/C=C\C=C\C=C\[C@]2(C)[C@H]3OC(=O)[C@]2(C)C(=O)[C@@H]3C)O[C@@H]1C. The van der Waals surface area contributed by atoms with Crippen molar-refractivity contribution in [3.05, 3.63) is 59.8 Å². The van der Waals surface area contributed by atoms with Gasteiger partial charge in [-0.05, 0) is 51.8 Å². The van der Waals surface area contributed by atoms with Crippen molar-refractivity contribution in [2.24, 2.45) is 16.7 Å². The van der Waals surface area contributed by atoms with E-state index in [2.05, 4.69) is 0 Å². The lowest BCUT2D eigenvalue weighted by atomic mass is 9.68. The van der Waals surface area contributed by atoms with Gasteiger partial charge in [-0.25, -0.2) is 0 Å². The number of carbonyl (C=O) groups is 2. The van der Waals surface area contributed by atoms with Crippen molar-refractivity contribution in [3.8, 4) is 0 Å². The molecule has 31 heavy (non-hydrogen) atoms. The highest BCUT2D eigenvalue weighted by Crippen LogP contribution is 2.60. The largest absolute Gasteiger partial charge is 0.460 e. The summed E-state index contributed by atoms with van der Waals surface area (Å²) in [5, 5.41) is 10.7. The molecular weight excluding hydrogens is 392 g/mol. The van der Waals surface area contributed by atoms with Gasteiger partial charge in [-0.3, -0.25) is 9.59 Å². The van der Waals surface area contributed by atoms with E-state index in [1.165, 1.54) is 0 Å². The van der Waals surface area contributed by atoms with Crippen molar-refractivity contribution < 1.29 is 24.2 Å². The highest BCUT2D eigenvalue weighted by molar-refractivity contribution is 6.10. The molecule has 1 saturated heterocycles. The summed E-state index contributed by atoms with van der Waals surface area (Å²) in [6.45, 7) is 13.1. The van der Waals surface area contributed by atoms with Crippen molar-refractivity contribution >= 4 is 11.8 Å². The molecule has 2 aliphatic heterocycles. The normalized spacial score (nSPS) is 43.5. The number of allylic oxidation sites excluding steroid dienone is 6. The van der Waals surface area contributed by atoms with E-state index in [4.69, 9.17) is 9.47 Å². The second-order valence-electron chi connectivity index (χ2n) is 9.70. The van der Waals surface area contributed by atoms with Gasteiger partial charge in [0.05, 0.1) is 12.0 Å². The second kappa shape index (κ2) is 8.03. The molecule has 0 spiro atoms. The molecule has 5 nitrogen and oxygen atoms in total. The third-order valence-electron chi connectivity index (χ3n) is 7.36. The summed E-state index contributed by atoms with van der Waals surface area (Å²) in [5.74, 6) is -0.738. The van der Waals surface area contributed by atoms with Crippen LogP contribution in [0, 0.1) is 16.7 Å². The van der Waals surface area contributed by atoms with Crippen LogP contribution in [0.3, 0.4) is 0 Å².